The summed E-state index contributed by atoms with van der Waals surface area (Å²) in [5, 5.41) is 5.91. The molecule has 0 spiro atoms. The van der Waals surface area contributed by atoms with E-state index >= 15 is 0 Å². The molecule has 0 unspecified atom stereocenters. The minimum absolute atomic E-state index is 0.255. The number of carbonyl (C=O) groups is 1. The Morgan fingerprint density at radius 2 is 1.80 bits per heavy atom. The molecule has 0 saturated carbocycles. The fourth-order valence-corrected chi connectivity index (χ4v) is 2.28. The summed E-state index contributed by atoms with van der Waals surface area (Å²) in [5.74, 6) is 0.747. The monoisotopic (exact) mass is 334 g/mol. The average molecular weight is 334 g/mol. The van der Waals surface area contributed by atoms with Crippen LogP contribution in [0, 0.1) is 0 Å². The molecule has 0 aliphatic carbocycles. The van der Waals surface area contributed by atoms with Gasteiger partial charge in [-0.05, 0) is 23.8 Å². The maximum Gasteiger partial charge on any atom is 0.270 e. The van der Waals surface area contributed by atoms with E-state index in [4.69, 9.17) is 4.74 Å². The Hall–Kier alpha value is -3.41. The van der Waals surface area contributed by atoms with Gasteiger partial charge in [-0.2, -0.15) is 0 Å². The third-order valence-corrected chi connectivity index (χ3v) is 3.54. The van der Waals surface area contributed by atoms with Crippen molar-refractivity contribution in [2.75, 3.05) is 12.4 Å². The number of nitrogens with zero attached hydrogens (tertiary/aromatic N) is 2. The summed E-state index contributed by atoms with van der Waals surface area (Å²) in [4.78, 5) is 20.7. The SMILES string of the molecule is COc1ccccc1Nc1nccc(C(=O)NCc2ccccc2)n1. The van der Waals surface area contributed by atoms with Gasteiger partial charge in [0.2, 0.25) is 5.95 Å². The van der Waals surface area contributed by atoms with Gasteiger partial charge in [0, 0.05) is 12.7 Å². The van der Waals surface area contributed by atoms with E-state index < -0.39 is 0 Å². The first-order valence-corrected chi connectivity index (χ1v) is 7.81. The molecule has 6 heteroatoms. The Kier molecular flexibility index (Phi) is 5.21. The number of rotatable bonds is 6. The van der Waals surface area contributed by atoms with Crippen molar-refractivity contribution in [2.45, 2.75) is 6.54 Å². The number of nitrogens with one attached hydrogen (secondary N) is 2. The molecule has 6 nitrogen and oxygen atoms in total. The number of hydrogen-bond donors (Lipinski definition) is 2. The van der Waals surface area contributed by atoms with Gasteiger partial charge < -0.3 is 15.4 Å². The minimum atomic E-state index is -0.255. The predicted molar refractivity (Wildman–Crippen MR) is 95.9 cm³/mol. The van der Waals surface area contributed by atoms with Crippen LogP contribution in [0.1, 0.15) is 16.1 Å². The number of aromatic nitrogens is 2. The zero-order chi connectivity index (χ0) is 17.5. The molecule has 0 aliphatic heterocycles. The number of anilines is 2. The lowest BCUT2D eigenvalue weighted by atomic mass is 10.2. The summed E-state index contributed by atoms with van der Waals surface area (Å²) in [6.07, 6.45) is 1.54. The van der Waals surface area contributed by atoms with Crippen LogP contribution in [0.3, 0.4) is 0 Å². The van der Waals surface area contributed by atoms with Crippen molar-refractivity contribution < 1.29 is 9.53 Å². The lowest BCUT2D eigenvalue weighted by Gasteiger charge is -2.10. The molecule has 0 saturated heterocycles. The standard InChI is InChI=1S/C19H18N4O2/c1-25-17-10-6-5-9-15(17)22-19-20-12-11-16(23-19)18(24)21-13-14-7-3-2-4-8-14/h2-12H,13H2,1H3,(H,21,24)(H,20,22,23). The van der Waals surface area contributed by atoms with Crippen molar-refractivity contribution in [3.8, 4) is 5.75 Å². The van der Waals surface area contributed by atoms with E-state index in [2.05, 4.69) is 20.6 Å². The highest BCUT2D eigenvalue weighted by molar-refractivity contribution is 5.92. The van der Waals surface area contributed by atoms with Gasteiger partial charge in [0.05, 0.1) is 12.8 Å². The summed E-state index contributed by atoms with van der Waals surface area (Å²) >= 11 is 0. The molecule has 1 heterocycles. The third-order valence-electron chi connectivity index (χ3n) is 3.54. The van der Waals surface area contributed by atoms with Gasteiger partial charge in [0.25, 0.3) is 5.91 Å². The molecular formula is C19H18N4O2. The average Bonchev–Trinajstić information content (AvgIpc) is 2.67. The van der Waals surface area contributed by atoms with Crippen molar-refractivity contribution >= 4 is 17.5 Å². The zero-order valence-corrected chi connectivity index (χ0v) is 13.8. The van der Waals surface area contributed by atoms with Gasteiger partial charge in [-0.1, -0.05) is 42.5 Å². The van der Waals surface area contributed by atoms with Gasteiger partial charge in [0.1, 0.15) is 11.4 Å². The molecule has 0 aliphatic rings. The van der Waals surface area contributed by atoms with Crippen molar-refractivity contribution in [1.82, 2.24) is 15.3 Å². The van der Waals surface area contributed by atoms with Crippen molar-refractivity contribution in [3.05, 3.63) is 78.1 Å². The molecule has 25 heavy (non-hydrogen) atoms. The summed E-state index contributed by atoms with van der Waals surface area (Å²) < 4.78 is 5.29. The smallest absolute Gasteiger partial charge is 0.270 e. The zero-order valence-electron chi connectivity index (χ0n) is 13.8. The highest BCUT2D eigenvalue weighted by atomic mass is 16.5. The topological polar surface area (TPSA) is 76.1 Å². The number of carbonyl (C=O) groups excluding carboxylic acids is 1. The maximum atomic E-state index is 12.3. The number of benzene rings is 2. The first-order chi connectivity index (χ1) is 12.3. The van der Waals surface area contributed by atoms with Crippen LogP contribution in [0.4, 0.5) is 11.6 Å². The Bertz CT molecular complexity index is 853. The second-order valence-corrected chi connectivity index (χ2v) is 5.26. The summed E-state index contributed by atoms with van der Waals surface area (Å²) in [5.41, 5.74) is 2.05. The molecule has 0 bridgehead atoms. The molecule has 0 radical (unpaired) electrons. The molecule has 3 aromatic rings. The first kappa shape index (κ1) is 16.4. The van der Waals surface area contributed by atoms with Crippen LogP contribution in [0.5, 0.6) is 5.75 Å². The molecule has 0 atom stereocenters. The maximum absolute atomic E-state index is 12.3. The van der Waals surface area contributed by atoms with E-state index in [-0.39, 0.29) is 5.91 Å². The fourth-order valence-electron chi connectivity index (χ4n) is 2.28. The van der Waals surface area contributed by atoms with Crippen LogP contribution in [-0.4, -0.2) is 23.0 Å². The van der Waals surface area contributed by atoms with E-state index in [0.717, 1.165) is 11.3 Å². The number of para-hydroxylation sites is 2. The molecule has 2 N–H and O–H groups in total. The fraction of sp³-hybridized carbons (Fsp3) is 0.105. The van der Waals surface area contributed by atoms with E-state index in [0.29, 0.717) is 23.9 Å². The number of ether oxygens (including phenoxy) is 1. The molecule has 126 valence electrons. The van der Waals surface area contributed by atoms with Gasteiger partial charge in [0.15, 0.2) is 0 Å². The molecule has 1 amide bonds. The van der Waals surface area contributed by atoms with Gasteiger partial charge in [-0.25, -0.2) is 9.97 Å². The largest absolute Gasteiger partial charge is 0.495 e. The van der Waals surface area contributed by atoms with Gasteiger partial charge in [-0.3, -0.25) is 4.79 Å². The van der Waals surface area contributed by atoms with Crippen molar-refractivity contribution in [2.24, 2.45) is 0 Å². The lowest BCUT2D eigenvalue weighted by molar-refractivity contribution is 0.0946. The van der Waals surface area contributed by atoms with Crippen LogP contribution < -0.4 is 15.4 Å². The second kappa shape index (κ2) is 7.92. The summed E-state index contributed by atoms with van der Waals surface area (Å²) in [6.45, 7) is 0.443. The van der Waals surface area contributed by atoms with E-state index in [1.54, 1.807) is 19.4 Å². The van der Waals surface area contributed by atoms with E-state index in [1.807, 2.05) is 54.6 Å². The molecule has 1 aromatic heterocycles. The predicted octanol–water partition coefficient (Wildman–Crippen LogP) is 3.16. The van der Waals surface area contributed by atoms with Crippen molar-refractivity contribution in [3.63, 3.8) is 0 Å². The molecule has 2 aromatic carbocycles. The Labute approximate surface area is 145 Å². The first-order valence-electron chi connectivity index (χ1n) is 7.81. The minimum Gasteiger partial charge on any atom is -0.495 e. The third kappa shape index (κ3) is 4.32. The molecule has 0 fully saturated rings. The Morgan fingerprint density at radius 3 is 2.60 bits per heavy atom. The van der Waals surface area contributed by atoms with Crippen LogP contribution >= 0.6 is 0 Å². The summed E-state index contributed by atoms with van der Waals surface area (Å²) in [6, 6.07) is 18.7. The highest BCUT2D eigenvalue weighted by Gasteiger charge is 2.10. The summed E-state index contributed by atoms with van der Waals surface area (Å²) in [7, 11) is 1.59. The van der Waals surface area contributed by atoms with Gasteiger partial charge >= 0.3 is 0 Å². The number of methoxy groups -OCH3 is 1. The molecule has 3 rings (SSSR count). The lowest BCUT2D eigenvalue weighted by Crippen LogP contribution is -2.24. The number of hydrogen-bond acceptors (Lipinski definition) is 5. The van der Waals surface area contributed by atoms with Crippen molar-refractivity contribution in [1.29, 1.82) is 0 Å². The van der Waals surface area contributed by atoms with Crippen LogP contribution in [-0.2, 0) is 6.54 Å². The van der Waals surface area contributed by atoms with Crippen LogP contribution in [0.15, 0.2) is 66.9 Å². The Morgan fingerprint density at radius 1 is 1.04 bits per heavy atom. The highest BCUT2D eigenvalue weighted by Crippen LogP contribution is 2.25. The second-order valence-electron chi connectivity index (χ2n) is 5.26. The van der Waals surface area contributed by atoms with E-state index in [1.165, 1.54) is 0 Å². The Balaban J connectivity index is 1.69. The number of amides is 1. The van der Waals surface area contributed by atoms with E-state index in [9.17, 15) is 4.79 Å². The molecular weight excluding hydrogens is 316 g/mol. The van der Waals surface area contributed by atoms with Crippen LogP contribution in [0.2, 0.25) is 0 Å². The quantitative estimate of drug-likeness (QED) is 0.724. The van der Waals surface area contributed by atoms with Crippen LogP contribution in [0.25, 0.3) is 0 Å². The normalized spacial score (nSPS) is 10.1. The van der Waals surface area contributed by atoms with Gasteiger partial charge in [-0.15, -0.1) is 0 Å².